The topological polar surface area (TPSA) is 33.1 Å². The molecule has 1 N–H and O–H groups in total. The maximum atomic E-state index is 9.12. The third-order valence-electron chi connectivity index (χ3n) is 2.83. The van der Waals surface area contributed by atoms with Gasteiger partial charge in [0.15, 0.2) is 0 Å². The minimum Gasteiger partial charge on any atom is -0.391 e. The van der Waals surface area contributed by atoms with Crippen LogP contribution in [-0.4, -0.2) is 10.1 Å². The van der Waals surface area contributed by atoms with Gasteiger partial charge in [0.1, 0.15) is 0 Å². The van der Waals surface area contributed by atoms with Gasteiger partial charge in [-0.1, -0.05) is 29.8 Å². The smallest absolute Gasteiger partial charge is 0.0935 e. The van der Waals surface area contributed by atoms with Crippen molar-refractivity contribution < 1.29 is 5.11 Å². The zero-order valence-corrected chi connectivity index (χ0v) is 11.0. The molecule has 0 unspecified atom stereocenters. The van der Waals surface area contributed by atoms with Crippen molar-refractivity contribution in [3.05, 3.63) is 51.0 Å². The first-order valence-electron chi connectivity index (χ1n) is 5.80. The van der Waals surface area contributed by atoms with Gasteiger partial charge in [0.25, 0.3) is 0 Å². The summed E-state index contributed by atoms with van der Waals surface area (Å²) in [5.74, 6) is 0. The van der Waals surface area contributed by atoms with Crippen molar-refractivity contribution in [1.82, 2.24) is 4.98 Å². The zero-order valence-electron chi connectivity index (χ0n) is 10.2. The van der Waals surface area contributed by atoms with E-state index in [1.54, 1.807) is 11.3 Å². The summed E-state index contributed by atoms with van der Waals surface area (Å²) < 4.78 is 0. The number of rotatable bonds is 4. The molecule has 0 fully saturated rings. The van der Waals surface area contributed by atoms with E-state index in [-0.39, 0.29) is 6.61 Å². The van der Waals surface area contributed by atoms with Crippen molar-refractivity contribution in [3.8, 4) is 0 Å². The highest BCUT2D eigenvalue weighted by Crippen LogP contribution is 2.19. The van der Waals surface area contributed by atoms with Crippen LogP contribution in [0.15, 0.2) is 24.3 Å². The highest BCUT2D eigenvalue weighted by molar-refractivity contribution is 7.11. The molecule has 0 amide bonds. The fraction of sp³-hybridized carbons (Fsp3) is 0.357. The summed E-state index contributed by atoms with van der Waals surface area (Å²) >= 11 is 1.62. The van der Waals surface area contributed by atoms with Gasteiger partial charge in [0, 0.05) is 6.42 Å². The minimum absolute atomic E-state index is 0.105. The fourth-order valence-corrected chi connectivity index (χ4v) is 2.68. The lowest BCUT2D eigenvalue weighted by Crippen LogP contribution is -1.90. The highest BCUT2D eigenvalue weighted by atomic mass is 32.1. The average Bonchev–Trinajstić information content (AvgIpc) is 2.69. The molecule has 0 spiro atoms. The largest absolute Gasteiger partial charge is 0.391 e. The second-order valence-electron chi connectivity index (χ2n) is 4.26. The molecule has 2 nitrogen and oxygen atoms in total. The molecule has 1 heterocycles. The van der Waals surface area contributed by atoms with E-state index in [4.69, 9.17) is 5.11 Å². The molecule has 3 heteroatoms. The summed E-state index contributed by atoms with van der Waals surface area (Å²) in [6.07, 6.45) is 1.96. The fourth-order valence-electron chi connectivity index (χ4n) is 1.75. The van der Waals surface area contributed by atoms with E-state index in [0.29, 0.717) is 0 Å². The third kappa shape index (κ3) is 3.14. The second-order valence-corrected chi connectivity index (χ2v) is 5.43. The number of thiazole rings is 1. The van der Waals surface area contributed by atoms with E-state index >= 15 is 0 Å². The standard InChI is InChI=1S/C14H17NOS/c1-10-3-5-12(6-4-10)7-8-14-15-11(2)13(9-16)17-14/h3-6,16H,7-9H2,1-2H3. The quantitative estimate of drug-likeness (QED) is 0.901. The van der Waals surface area contributed by atoms with Crippen LogP contribution in [0.4, 0.5) is 0 Å². The van der Waals surface area contributed by atoms with E-state index in [1.807, 2.05) is 6.92 Å². The Kier molecular flexibility index (Phi) is 3.92. The zero-order chi connectivity index (χ0) is 12.3. The Balaban J connectivity index is 1.99. The number of benzene rings is 1. The Morgan fingerprint density at radius 3 is 2.41 bits per heavy atom. The monoisotopic (exact) mass is 247 g/mol. The van der Waals surface area contributed by atoms with Gasteiger partial charge < -0.3 is 5.11 Å². The van der Waals surface area contributed by atoms with Crippen LogP contribution in [0.25, 0.3) is 0 Å². The van der Waals surface area contributed by atoms with Crippen LogP contribution in [-0.2, 0) is 19.4 Å². The van der Waals surface area contributed by atoms with Crippen LogP contribution < -0.4 is 0 Å². The predicted molar refractivity (Wildman–Crippen MR) is 71.4 cm³/mol. The lowest BCUT2D eigenvalue weighted by atomic mass is 10.1. The van der Waals surface area contributed by atoms with Gasteiger partial charge >= 0.3 is 0 Å². The number of hydrogen-bond acceptors (Lipinski definition) is 3. The Bertz CT molecular complexity index is 487. The first kappa shape index (κ1) is 12.3. The third-order valence-corrected chi connectivity index (χ3v) is 4.03. The molecule has 90 valence electrons. The molecular weight excluding hydrogens is 230 g/mol. The van der Waals surface area contributed by atoms with E-state index in [1.165, 1.54) is 11.1 Å². The normalized spacial score (nSPS) is 10.8. The molecule has 2 aromatic rings. The lowest BCUT2D eigenvalue weighted by molar-refractivity contribution is 0.284. The SMILES string of the molecule is Cc1ccc(CCc2nc(C)c(CO)s2)cc1. The van der Waals surface area contributed by atoms with Gasteiger partial charge in [-0.25, -0.2) is 4.98 Å². The van der Waals surface area contributed by atoms with Gasteiger partial charge in [0.2, 0.25) is 0 Å². The molecule has 0 aliphatic carbocycles. The summed E-state index contributed by atoms with van der Waals surface area (Å²) in [7, 11) is 0. The molecule has 1 aromatic heterocycles. The van der Waals surface area contributed by atoms with Crippen LogP contribution in [0.3, 0.4) is 0 Å². The lowest BCUT2D eigenvalue weighted by Gasteiger charge is -1.99. The van der Waals surface area contributed by atoms with E-state index < -0.39 is 0 Å². The first-order chi connectivity index (χ1) is 8.19. The molecule has 0 radical (unpaired) electrons. The van der Waals surface area contributed by atoms with Crippen LogP contribution in [0, 0.1) is 13.8 Å². The number of aryl methyl sites for hydroxylation is 4. The Hall–Kier alpha value is -1.19. The van der Waals surface area contributed by atoms with Crippen molar-refractivity contribution >= 4 is 11.3 Å². The van der Waals surface area contributed by atoms with Gasteiger partial charge in [-0.15, -0.1) is 11.3 Å². The number of hydrogen-bond donors (Lipinski definition) is 1. The van der Waals surface area contributed by atoms with Gasteiger partial charge in [-0.05, 0) is 25.8 Å². The van der Waals surface area contributed by atoms with Gasteiger partial charge in [0.05, 0.1) is 22.2 Å². The first-order valence-corrected chi connectivity index (χ1v) is 6.62. The van der Waals surface area contributed by atoms with Crippen LogP contribution in [0.5, 0.6) is 0 Å². The molecule has 2 rings (SSSR count). The Morgan fingerprint density at radius 2 is 1.82 bits per heavy atom. The molecule has 0 saturated heterocycles. The molecular formula is C14H17NOS. The maximum absolute atomic E-state index is 9.12. The minimum atomic E-state index is 0.105. The molecule has 1 aromatic carbocycles. The van der Waals surface area contributed by atoms with Crippen LogP contribution >= 0.6 is 11.3 Å². The molecule has 0 aliphatic heterocycles. The van der Waals surface area contributed by atoms with Crippen LogP contribution in [0.1, 0.15) is 26.7 Å². The number of nitrogens with zero attached hydrogens (tertiary/aromatic N) is 1. The number of aliphatic hydroxyl groups is 1. The summed E-state index contributed by atoms with van der Waals surface area (Å²) in [5.41, 5.74) is 3.60. The summed E-state index contributed by atoms with van der Waals surface area (Å²) in [6, 6.07) is 8.62. The summed E-state index contributed by atoms with van der Waals surface area (Å²) in [4.78, 5) is 5.46. The van der Waals surface area contributed by atoms with E-state index in [0.717, 1.165) is 28.4 Å². The summed E-state index contributed by atoms with van der Waals surface area (Å²) in [6.45, 7) is 4.16. The summed E-state index contributed by atoms with van der Waals surface area (Å²) in [5, 5.41) is 10.2. The molecule has 0 atom stereocenters. The van der Waals surface area contributed by atoms with Crippen molar-refractivity contribution in [2.75, 3.05) is 0 Å². The molecule has 0 saturated carbocycles. The van der Waals surface area contributed by atoms with Gasteiger partial charge in [-0.2, -0.15) is 0 Å². The Morgan fingerprint density at radius 1 is 1.12 bits per heavy atom. The van der Waals surface area contributed by atoms with Crippen LogP contribution in [0.2, 0.25) is 0 Å². The van der Waals surface area contributed by atoms with Gasteiger partial charge in [-0.3, -0.25) is 0 Å². The van der Waals surface area contributed by atoms with Crippen molar-refractivity contribution in [2.45, 2.75) is 33.3 Å². The average molecular weight is 247 g/mol. The van der Waals surface area contributed by atoms with Crippen molar-refractivity contribution in [3.63, 3.8) is 0 Å². The molecule has 0 bridgehead atoms. The molecule has 0 aliphatic rings. The Labute approximate surface area is 106 Å². The second kappa shape index (κ2) is 5.43. The molecule has 17 heavy (non-hydrogen) atoms. The maximum Gasteiger partial charge on any atom is 0.0935 e. The number of aromatic nitrogens is 1. The number of aliphatic hydroxyl groups excluding tert-OH is 1. The van der Waals surface area contributed by atoms with Crippen molar-refractivity contribution in [1.29, 1.82) is 0 Å². The predicted octanol–water partition coefficient (Wildman–Crippen LogP) is 3.04. The van der Waals surface area contributed by atoms with Crippen molar-refractivity contribution in [2.24, 2.45) is 0 Å². The van der Waals surface area contributed by atoms with E-state index in [2.05, 4.69) is 36.2 Å². The van der Waals surface area contributed by atoms with E-state index in [9.17, 15) is 0 Å². The highest BCUT2D eigenvalue weighted by Gasteiger charge is 2.06.